The van der Waals surface area contributed by atoms with Crippen LogP contribution in [0.3, 0.4) is 0 Å². The van der Waals surface area contributed by atoms with E-state index in [1.165, 1.54) is 0 Å². The number of nitrogens with zero attached hydrogens (tertiary/aromatic N) is 3. The Kier molecular flexibility index (Phi) is 3.96. The molecule has 1 aliphatic heterocycles. The van der Waals surface area contributed by atoms with E-state index < -0.39 is 0 Å². The zero-order valence-corrected chi connectivity index (χ0v) is 12.6. The van der Waals surface area contributed by atoms with E-state index in [1.807, 2.05) is 18.0 Å². The molecular weight excluding hydrogens is 292 g/mol. The van der Waals surface area contributed by atoms with Gasteiger partial charge in [0.05, 0.1) is 0 Å². The first-order chi connectivity index (χ1) is 10.1. The normalized spacial score (nSPS) is 18.4. The summed E-state index contributed by atoms with van der Waals surface area (Å²) in [6.45, 7) is 3.49. The molecule has 7 heteroatoms. The Balaban J connectivity index is 1.52. The Bertz CT molecular complexity index is 636. The number of rotatable bonds is 4. The van der Waals surface area contributed by atoms with E-state index >= 15 is 0 Å². The van der Waals surface area contributed by atoms with Gasteiger partial charge in [0.2, 0.25) is 5.91 Å². The van der Waals surface area contributed by atoms with E-state index in [2.05, 4.69) is 15.1 Å². The van der Waals surface area contributed by atoms with Gasteiger partial charge in [-0.2, -0.15) is 0 Å². The van der Waals surface area contributed by atoms with Crippen molar-refractivity contribution in [3.8, 4) is 0 Å². The summed E-state index contributed by atoms with van der Waals surface area (Å²) in [5, 5.41) is 3.93. The van der Waals surface area contributed by atoms with Crippen molar-refractivity contribution in [2.45, 2.75) is 32.1 Å². The van der Waals surface area contributed by atoms with Crippen LogP contribution >= 0.6 is 11.6 Å². The molecule has 1 saturated heterocycles. The molecule has 6 nitrogen and oxygen atoms in total. The third-order valence-electron chi connectivity index (χ3n) is 3.77. The lowest BCUT2D eigenvalue weighted by atomic mass is 10.1. The first-order valence-electron chi connectivity index (χ1n) is 7.02. The summed E-state index contributed by atoms with van der Waals surface area (Å²) in [7, 11) is 0. The molecule has 0 aromatic carbocycles. The standard InChI is InChI=1S/C14H17ClN4O2/c1-9-7-16-14(17-9)10-4-5-19(8-10)13(20)3-2-11-6-12(15)18-21-11/h6-7,10H,2-5,8H2,1H3,(H,16,17). The summed E-state index contributed by atoms with van der Waals surface area (Å²) < 4.78 is 5.00. The minimum atomic E-state index is 0.133. The van der Waals surface area contributed by atoms with E-state index in [-0.39, 0.29) is 5.91 Å². The lowest BCUT2D eigenvalue weighted by Crippen LogP contribution is -2.28. The third-order valence-corrected chi connectivity index (χ3v) is 3.94. The van der Waals surface area contributed by atoms with Gasteiger partial charge in [0.25, 0.3) is 0 Å². The van der Waals surface area contributed by atoms with Gasteiger partial charge in [-0.05, 0) is 13.3 Å². The topological polar surface area (TPSA) is 75.0 Å². The lowest BCUT2D eigenvalue weighted by Gasteiger charge is -2.15. The number of nitrogens with one attached hydrogen (secondary N) is 1. The molecule has 2 aromatic heterocycles. The zero-order chi connectivity index (χ0) is 14.8. The van der Waals surface area contributed by atoms with Crippen molar-refractivity contribution in [2.75, 3.05) is 13.1 Å². The fourth-order valence-corrected chi connectivity index (χ4v) is 2.80. The maximum atomic E-state index is 12.2. The molecule has 3 rings (SSSR count). The van der Waals surface area contributed by atoms with E-state index in [4.69, 9.17) is 16.1 Å². The molecule has 1 atom stereocenters. The minimum absolute atomic E-state index is 0.133. The molecule has 0 bridgehead atoms. The fourth-order valence-electron chi connectivity index (χ4n) is 2.64. The zero-order valence-electron chi connectivity index (χ0n) is 11.8. The molecule has 3 heterocycles. The second kappa shape index (κ2) is 5.89. The van der Waals surface area contributed by atoms with Gasteiger partial charge in [-0.1, -0.05) is 16.8 Å². The number of likely N-dealkylation sites (tertiary alicyclic amines) is 1. The maximum Gasteiger partial charge on any atom is 0.223 e. The monoisotopic (exact) mass is 308 g/mol. The quantitative estimate of drug-likeness (QED) is 0.940. The number of hydrogen-bond acceptors (Lipinski definition) is 4. The number of carbonyl (C=O) groups excluding carboxylic acids is 1. The largest absolute Gasteiger partial charge is 0.360 e. The SMILES string of the molecule is Cc1cnc(C2CCN(C(=O)CCc3cc(Cl)no3)C2)[nH]1. The Morgan fingerprint density at radius 3 is 3.14 bits per heavy atom. The molecular formula is C14H17ClN4O2. The van der Waals surface area contributed by atoms with E-state index in [0.29, 0.717) is 29.7 Å². The number of H-pyrrole nitrogens is 1. The van der Waals surface area contributed by atoms with Crippen LogP contribution in [0.4, 0.5) is 0 Å². The summed E-state index contributed by atoms with van der Waals surface area (Å²) in [6.07, 6.45) is 3.72. The molecule has 0 spiro atoms. The summed E-state index contributed by atoms with van der Waals surface area (Å²) >= 11 is 5.68. The second-order valence-corrected chi connectivity index (χ2v) is 5.78. The molecule has 0 radical (unpaired) electrons. The van der Waals surface area contributed by atoms with E-state index in [1.54, 1.807) is 6.07 Å². The predicted octanol–water partition coefficient (Wildman–Crippen LogP) is 2.31. The molecule has 0 aliphatic carbocycles. The number of imidazole rings is 1. The highest BCUT2D eigenvalue weighted by atomic mass is 35.5. The van der Waals surface area contributed by atoms with Crippen LogP contribution in [0.25, 0.3) is 0 Å². The molecule has 21 heavy (non-hydrogen) atoms. The number of hydrogen-bond donors (Lipinski definition) is 1. The lowest BCUT2D eigenvalue weighted by molar-refractivity contribution is -0.130. The van der Waals surface area contributed by atoms with Gasteiger partial charge in [-0.3, -0.25) is 4.79 Å². The van der Waals surface area contributed by atoms with Crippen LogP contribution in [0.15, 0.2) is 16.8 Å². The summed E-state index contributed by atoms with van der Waals surface area (Å²) in [6, 6.07) is 1.65. The molecule has 1 fully saturated rings. The number of amides is 1. The van der Waals surface area contributed by atoms with E-state index in [9.17, 15) is 4.79 Å². The molecule has 1 unspecified atom stereocenters. The average Bonchev–Trinajstić information content (AvgIpc) is 3.16. The molecule has 1 amide bonds. The van der Waals surface area contributed by atoms with Crippen molar-refractivity contribution in [1.82, 2.24) is 20.0 Å². The van der Waals surface area contributed by atoms with Gasteiger partial charge in [0.1, 0.15) is 11.6 Å². The molecule has 2 aromatic rings. The van der Waals surface area contributed by atoms with Gasteiger partial charge in [0.15, 0.2) is 5.15 Å². The van der Waals surface area contributed by atoms with Gasteiger partial charge in [-0.15, -0.1) is 0 Å². The third kappa shape index (κ3) is 3.26. The predicted molar refractivity (Wildman–Crippen MR) is 77.1 cm³/mol. The number of halogens is 1. The Hall–Kier alpha value is -1.82. The van der Waals surface area contributed by atoms with Crippen molar-refractivity contribution in [2.24, 2.45) is 0 Å². The first-order valence-corrected chi connectivity index (χ1v) is 7.40. The molecule has 112 valence electrons. The Morgan fingerprint density at radius 2 is 2.48 bits per heavy atom. The fraction of sp³-hybridized carbons (Fsp3) is 0.500. The van der Waals surface area contributed by atoms with Crippen molar-refractivity contribution in [1.29, 1.82) is 0 Å². The van der Waals surface area contributed by atoms with Gasteiger partial charge in [0, 0.05) is 49.8 Å². The number of carbonyl (C=O) groups is 1. The Morgan fingerprint density at radius 1 is 1.62 bits per heavy atom. The van der Waals surface area contributed by atoms with Crippen molar-refractivity contribution >= 4 is 17.5 Å². The van der Waals surface area contributed by atoms with Crippen molar-refractivity contribution < 1.29 is 9.32 Å². The summed E-state index contributed by atoms with van der Waals surface area (Å²) in [5.74, 6) is 2.06. The van der Waals surface area contributed by atoms with Crippen LogP contribution in [0.1, 0.15) is 36.0 Å². The summed E-state index contributed by atoms with van der Waals surface area (Å²) in [5.41, 5.74) is 1.05. The molecule has 0 saturated carbocycles. The van der Waals surface area contributed by atoms with Crippen LogP contribution in [0.5, 0.6) is 0 Å². The van der Waals surface area contributed by atoms with E-state index in [0.717, 1.165) is 31.0 Å². The Labute approximate surface area is 127 Å². The number of aromatic amines is 1. The summed E-state index contributed by atoms with van der Waals surface area (Å²) in [4.78, 5) is 21.7. The van der Waals surface area contributed by atoms with Crippen molar-refractivity contribution in [3.63, 3.8) is 0 Å². The van der Waals surface area contributed by atoms with Gasteiger partial charge < -0.3 is 14.4 Å². The first kappa shape index (κ1) is 14.1. The smallest absolute Gasteiger partial charge is 0.223 e. The molecule has 1 N–H and O–H groups in total. The highest BCUT2D eigenvalue weighted by Gasteiger charge is 2.28. The number of aryl methyl sites for hydroxylation is 2. The second-order valence-electron chi connectivity index (χ2n) is 5.39. The van der Waals surface area contributed by atoms with Crippen LogP contribution in [-0.4, -0.2) is 39.0 Å². The maximum absolute atomic E-state index is 12.2. The van der Waals surface area contributed by atoms with Gasteiger partial charge >= 0.3 is 0 Å². The average molecular weight is 309 g/mol. The highest BCUT2D eigenvalue weighted by molar-refractivity contribution is 6.29. The molecule has 1 aliphatic rings. The van der Waals surface area contributed by atoms with Crippen LogP contribution < -0.4 is 0 Å². The van der Waals surface area contributed by atoms with Crippen LogP contribution in [0.2, 0.25) is 5.15 Å². The van der Waals surface area contributed by atoms with Crippen LogP contribution in [-0.2, 0) is 11.2 Å². The minimum Gasteiger partial charge on any atom is -0.360 e. The highest BCUT2D eigenvalue weighted by Crippen LogP contribution is 2.25. The van der Waals surface area contributed by atoms with Crippen molar-refractivity contribution in [3.05, 3.63) is 34.7 Å². The van der Waals surface area contributed by atoms with Gasteiger partial charge in [-0.25, -0.2) is 4.98 Å². The number of aromatic nitrogens is 3. The van der Waals surface area contributed by atoms with Crippen LogP contribution in [0, 0.1) is 6.92 Å².